The molecule has 0 unspecified atom stereocenters. The topological polar surface area (TPSA) is 52.6 Å². The van der Waals surface area contributed by atoms with Gasteiger partial charge in [0.15, 0.2) is 0 Å². The number of carbonyl (C=O) groups is 2. The van der Waals surface area contributed by atoms with Gasteiger partial charge in [0.2, 0.25) is 0 Å². The smallest absolute Gasteiger partial charge is 0.311 e. The van der Waals surface area contributed by atoms with Crippen molar-refractivity contribution in [2.24, 2.45) is 0 Å². The van der Waals surface area contributed by atoms with Crippen LogP contribution >= 0.6 is 0 Å². The number of rotatable bonds is 28. The summed E-state index contributed by atoms with van der Waals surface area (Å²) in [7, 11) is 0. The van der Waals surface area contributed by atoms with Gasteiger partial charge in [-0.2, -0.15) is 0 Å². The van der Waals surface area contributed by atoms with E-state index in [4.69, 9.17) is 9.47 Å². The van der Waals surface area contributed by atoms with E-state index in [0.29, 0.717) is 24.3 Å². The maximum absolute atomic E-state index is 12.2. The van der Waals surface area contributed by atoms with E-state index in [9.17, 15) is 9.59 Å². The van der Waals surface area contributed by atoms with Gasteiger partial charge in [-0.05, 0) is 114 Å². The van der Waals surface area contributed by atoms with Gasteiger partial charge >= 0.3 is 11.9 Å². The Morgan fingerprint density at radius 2 is 0.771 bits per heavy atom. The third-order valence-corrected chi connectivity index (χ3v) is 7.22. The zero-order valence-corrected chi connectivity index (χ0v) is 29.9. The molecular formula is C44H62O4. The Morgan fingerprint density at radius 1 is 0.438 bits per heavy atom. The van der Waals surface area contributed by atoms with E-state index in [1.807, 2.05) is 0 Å². The number of ether oxygens (including phenoxy) is 2. The SMILES string of the molecule is CCC=CCC=CCC=CCC=CCC=CCCCC(=O)Oc1ccc(OC(=O)CCCCC=CCC=CCC=CCCCCC)cc1. The van der Waals surface area contributed by atoms with E-state index in [0.717, 1.165) is 77.0 Å². The van der Waals surface area contributed by atoms with Crippen LogP contribution in [0.1, 0.15) is 129 Å². The largest absolute Gasteiger partial charge is 0.427 e. The van der Waals surface area contributed by atoms with Crippen LogP contribution in [0.25, 0.3) is 0 Å². The summed E-state index contributed by atoms with van der Waals surface area (Å²) in [5.41, 5.74) is 0. The summed E-state index contributed by atoms with van der Waals surface area (Å²) in [5, 5.41) is 0. The number of allylic oxidation sites excluding steroid dienone is 16. The van der Waals surface area contributed by atoms with Gasteiger partial charge in [-0.15, -0.1) is 0 Å². The molecule has 0 radical (unpaired) electrons. The fourth-order valence-electron chi connectivity index (χ4n) is 4.49. The number of hydrogen-bond acceptors (Lipinski definition) is 4. The Bertz CT molecular complexity index is 1170. The van der Waals surface area contributed by atoms with Crippen molar-refractivity contribution in [3.63, 3.8) is 0 Å². The number of hydrogen-bond donors (Lipinski definition) is 0. The summed E-state index contributed by atoms with van der Waals surface area (Å²) >= 11 is 0. The van der Waals surface area contributed by atoms with Crippen LogP contribution in [0.4, 0.5) is 0 Å². The van der Waals surface area contributed by atoms with E-state index < -0.39 is 0 Å². The Hall–Kier alpha value is -3.92. The molecule has 1 aromatic carbocycles. The summed E-state index contributed by atoms with van der Waals surface area (Å²) in [6.45, 7) is 4.38. The average molecular weight is 655 g/mol. The molecule has 48 heavy (non-hydrogen) atoms. The molecule has 262 valence electrons. The van der Waals surface area contributed by atoms with Gasteiger partial charge in [-0.1, -0.05) is 124 Å². The Morgan fingerprint density at radius 3 is 1.17 bits per heavy atom. The summed E-state index contributed by atoms with van der Waals surface area (Å²) < 4.78 is 10.9. The van der Waals surface area contributed by atoms with Gasteiger partial charge in [-0.3, -0.25) is 9.59 Å². The molecule has 0 aliphatic rings. The van der Waals surface area contributed by atoms with Crippen LogP contribution in [0.2, 0.25) is 0 Å². The van der Waals surface area contributed by atoms with E-state index in [1.165, 1.54) is 25.7 Å². The summed E-state index contributed by atoms with van der Waals surface area (Å²) in [5.74, 6) is 0.405. The Balaban J connectivity index is 2.07. The van der Waals surface area contributed by atoms with Crippen molar-refractivity contribution < 1.29 is 19.1 Å². The standard InChI is InChI=1S/C44H62O4/c1-3-5-7-9-11-13-15-17-19-20-22-24-26-28-30-32-34-36-44(46)48-42-39-37-41(38-40-42)47-43(45)35-33-31-29-27-25-23-21-18-16-14-12-10-8-6-4-2/h5,7,11-14,17-19,21-22,24-25,27-28,30,37-40H,3-4,6,8-10,15-16,20,23,26,29,31-36H2,1-2H3. The van der Waals surface area contributed by atoms with E-state index in [-0.39, 0.29) is 11.9 Å². The molecule has 0 aliphatic carbocycles. The molecule has 0 fully saturated rings. The molecule has 1 aromatic rings. The summed E-state index contributed by atoms with van der Waals surface area (Å²) in [4.78, 5) is 24.4. The predicted molar refractivity (Wildman–Crippen MR) is 205 cm³/mol. The van der Waals surface area contributed by atoms with Crippen LogP contribution in [0.5, 0.6) is 11.5 Å². The molecule has 4 heteroatoms. The predicted octanol–water partition coefficient (Wildman–Crippen LogP) is 13.0. The molecule has 0 spiro atoms. The maximum atomic E-state index is 12.2. The van der Waals surface area contributed by atoms with Gasteiger partial charge in [0.1, 0.15) is 11.5 Å². The molecule has 0 N–H and O–H groups in total. The van der Waals surface area contributed by atoms with Crippen LogP contribution < -0.4 is 9.47 Å². The molecule has 0 aliphatic heterocycles. The van der Waals surface area contributed by atoms with Crippen molar-refractivity contribution in [2.45, 2.75) is 129 Å². The molecule has 0 bridgehead atoms. The second-order valence-electron chi connectivity index (χ2n) is 11.6. The fourth-order valence-corrected chi connectivity index (χ4v) is 4.49. The average Bonchev–Trinajstić information content (AvgIpc) is 3.08. The van der Waals surface area contributed by atoms with Crippen molar-refractivity contribution in [1.29, 1.82) is 0 Å². The maximum Gasteiger partial charge on any atom is 0.311 e. The highest BCUT2D eigenvalue weighted by atomic mass is 16.5. The van der Waals surface area contributed by atoms with Gasteiger partial charge in [0, 0.05) is 12.8 Å². The summed E-state index contributed by atoms with van der Waals surface area (Å²) in [6.07, 6.45) is 52.0. The Labute approximate surface area is 292 Å². The third kappa shape index (κ3) is 28.3. The number of carbonyl (C=O) groups excluding carboxylic acids is 2. The first-order chi connectivity index (χ1) is 23.7. The van der Waals surface area contributed by atoms with Crippen molar-refractivity contribution in [3.05, 3.63) is 121 Å². The van der Waals surface area contributed by atoms with E-state index in [2.05, 4.69) is 111 Å². The number of esters is 2. The monoisotopic (exact) mass is 654 g/mol. The second-order valence-corrected chi connectivity index (χ2v) is 11.6. The molecule has 0 aromatic heterocycles. The minimum atomic E-state index is -0.262. The quantitative estimate of drug-likeness (QED) is 0.0390. The molecule has 0 heterocycles. The number of unbranched alkanes of at least 4 members (excludes halogenated alkanes) is 6. The lowest BCUT2D eigenvalue weighted by molar-refractivity contribution is -0.135. The van der Waals surface area contributed by atoms with Gasteiger partial charge in [0.25, 0.3) is 0 Å². The first kappa shape index (κ1) is 42.1. The number of benzene rings is 1. The third-order valence-electron chi connectivity index (χ3n) is 7.22. The minimum Gasteiger partial charge on any atom is -0.427 e. The van der Waals surface area contributed by atoms with Crippen molar-refractivity contribution >= 4 is 11.9 Å². The molecule has 0 amide bonds. The van der Waals surface area contributed by atoms with Crippen LogP contribution in [0, 0.1) is 0 Å². The van der Waals surface area contributed by atoms with Crippen LogP contribution in [0.15, 0.2) is 121 Å². The van der Waals surface area contributed by atoms with Crippen LogP contribution in [0.3, 0.4) is 0 Å². The first-order valence-corrected chi connectivity index (χ1v) is 18.4. The second kappa shape index (κ2) is 33.0. The molecule has 1 rings (SSSR count). The lowest BCUT2D eigenvalue weighted by Gasteiger charge is -2.06. The highest BCUT2D eigenvalue weighted by Gasteiger charge is 2.07. The van der Waals surface area contributed by atoms with Gasteiger partial charge in [0.05, 0.1) is 0 Å². The normalized spacial score (nSPS) is 12.5. The van der Waals surface area contributed by atoms with Crippen LogP contribution in [-0.4, -0.2) is 11.9 Å². The zero-order chi connectivity index (χ0) is 34.6. The van der Waals surface area contributed by atoms with Gasteiger partial charge in [-0.25, -0.2) is 0 Å². The van der Waals surface area contributed by atoms with E-state index in [1.54, 1.807) is 24.3 Å². The molecule has 0 atom stereocenters. The van der Waals surface area contributed by atoms with Crippen molar-refractivity contribution in [1.82, 2.24) is 0 Å². The van der Waals surface area contributed by atoms with E-state index >= 15 is 0 Å². The Kier molecular flexibility index (Phi) is 28.9. The lowest BCUT2D eigenvalue weighted by atomic mass is 10.1. The fraction of sp³-hybridized carbons (Fsp3) is 0.455. The van der Waals surface area contributed by atoms with Crippen molar-refractivity contribution in [3.8, 4) is 11.5 Å². The molecule has 0 saturated carbocycles. The van der Waals surface area contributed by atoms with Crippen molar-refractivity contribution in [2.75, 3.05) is 0 Å². The van der Waals surface area contributed by atoms with Crippen LogP contribution in [-0.2, 0) is 9.59 Å². The first-order valence-electron chi connectivity index (χ1n) is 18.4. The highest BCUT2D eigenvalue weighted by molar-refractivity contribution is 5.73. The summed E-state index contributed by atoms with van der Waals surface area (Å²) in [6, 6.07) is 6.65. The lowest BCUT2D eigenvalue weighted by Crippen LogP contribution is -2.08. The highest BCUT2D eigenvalue weighted by Crippen LogP contribution is 2.19. The molecule has 0 saturated heterocycles. The molecule has 4 nitrogen and oxygen atoms in total. The molecular weight excluding hydrogens is 592 g/mol. The zero-order valence-electron chi connectivity index (χ0n) is 29.9. The minimum absolute atomic E-state index is 0.246. The van der Waals surface area contributed by atoms with Gasteiger partial charge < -0.3 is 9.47 Å².